The molecule has 0 fully saturated rings. The highest BCUT2D eigenvalue weighted by Gasteiger charge is 2.15. The summed E-state index contributed by atoms with van der Waals surface area (Å²) < 4.78 is 0. The highest BCUT2D eigenvalue weighted by atomic mass is 32.2. The molecule has 100 valence electrons. The Labute approximate surface area is 123 Å². The van der Waals surface area contributed by atoms with Gasteiger partial charge in [-0.3, -0.25) is 4.98 Å². The van der Waals surface area contributed by atoms with Crippen molar-refractivity contribution in [2.24, 2.45) is 5.73 Å². The number of nitrogens with two attached hydrogens (primary N) is 1. The zero-order valence-corrected chi connectivity index (χ0v) is 12.1. The smallest absolute Gasteiger partial charge is 0.0705 e. The van der Waals surface area contributed by atoms with Gasteiger partial charge in [-0.2, -0.15) is 0 Å². The third-order valence-electron chi connectivity index (χ3n) is 3.49. The highest BCUT2D eigenvalue weighted by molar-refractivity contribution is 7.98. The number of fused-ring (bicyclic) bond motifs is 1. The first-order valence-electron chi connectivity index (χ1n) is 6.53. The molecule has 0 radical (unpaired) electrons. The van der Waals surface area contributed by atoms with E-state index < -0.39 is 0 Å². The molecule has 0 aliphatic heterocycles. The van der Waals surface area contributed by atoms with Gasteiger partial charge in [0.25, 0.3) is 0 Å². The van der Waals surface area contributed by atoms with Gasteiger partial charge in [0.2, 0.25) is 0 Å². The van der Waals surface area contributed by atoms with Gasteiger partial charge in [-0.1, -0.05) is 36.4 Å². The van der Waals surface area contributed by atoms with Gasteiger partial charge in [-0.25, -0.2) is 0 Å². The first-order valence-corrected chi connectivity index (χ1v) is 7.76. The van der Waals surface area contributed by atoms with Crippen molar-refractivity contribution in [3.8, 4) is 0 Å². The molecule has 2 aromatic carbocycles. The minimum atomic E-state index is -0.133. The molecule has 0 saturated heterocycles. The summed E-state index contributed by atoms with van der Waals surface area (Å²) in [5, 5.41) is 1.12. The second-order valence-electron chi connectivity index (χ2n) is 4.64. The van der Waals surface area contributed by atoms with Crippen LogP contribution in [0.15, 0.2) is 65.7 Å². The first-order chi connectivity index (χ1) is 9.81. The fraction of sp³-hybridized carbons (Fsp3) is 0.118. The Balaban J connectivity index is 2.15. The molecule has 3 rings (SSSR count). The van der Waals surface area contributed by atoms with E-state index in [0.29, 0.717) is 0 Å². The van der Waals surface area contributed by atoms with Gasteiger partial charge in [-0.15, -0.1) is 11.8 Å². The van der Waals surface area contributed by atoms with Crippen molar-refractivity contribution >= 4 is 22.7 Å². The maximum atomic E-state index is 6.52. The molecule has 0 bridgehead atoms. The lowest BCUT2D eigenvalue weighted by Crippen LogP contribution is -2.13. The van der Waals surface area contributed by atoms with Crippen LogP contribution in [0.1, 0.15) is 17.2 Å². The van der Waals surface area contributed by atoms with Crippen LogP contribution in [0.5, 0.6) is 0 Å². The van der Waals surface area contributed by atoms with Crippen LogP contribution >= 0.6 is 11.8 Å². The molecule has 3 heteroatoms. The number of hydrogen-bond donors (Lipinski definition) is 1. The van der Waals surface area contributed by atoms with E-state index in [4.69, 9.17) is 5.73 Å². The Morgan fingerprint density at radius 3 is 2.60 bits per heavy atom. The summed E-state index contributed by atoms with van der Waals surface area (Å²) in [5.41, 5.74) is 9.79. The first kappa shape index (κ1) is 13.2. The maximum Gasteiger partial charge on any atom is 0.0705 e. The van der Waals surface area contributed by atoms with Gasteiger partial charge >= 0.3 is 0 Å². The largest absolute Gasteiger partial charge is 0.320 e. The van der Waals surface area contributed by atoms with Crippen LogP contribution in [-0.2, 0) is 0 Å². The number of pyridine rings is 1. The third-order valence-corrected chi connectivity index (χ3v) is 4.30. The van der Waals surface area contributed by atoms with Crippen molar-refractivity contribution in [3.63, 3.8) is 0 Å². The molecule has 2 N–H and O–H groups in total. The van der Waals surface area contributed by atoms with Crippen LogP contribution < -0.4 is 5.73 Å². The molecule has 0 saturated carbocycles. The molecule has 1 aromatic heterocycles. The highest BCUT2D eigenvalue weighted by Crippen LogP contribution is 2.31. The van der Waals surface area contributed by atoms with E-state index >= 15 is 0 Å². The molecular weight excluding hydrogens is 264 g/mol. The van der Waals surface area contributed by atoms with E-state index in [2.05, 4.69) is 35.5 Å². The van der Waals surface area contributed by atoms with Crippen LogP contribution in [0.3, 0.4) is 0 Å². The summed E-state index contributed by atoms with van der Waals surface area (Å²) in [5.74, 6) is 0. The van der Waals surface area contributed by atoms with Crippen LogP contribution in [0.2, 0.25) is 0 Å². The minimum Gasteiger partial charge on any atom is -0.320 e. The fourth-order valence-electron chi connectivity index (χ4n) is 2.49. The average Bonchev–Trinajstić information content (AvgIpc) is 2.53. The van der Waals surface area contributed by atoms with Crippen molar-refractivity contribution in [2.75, 3.05) is 6.26 Å². The van der Waals surface area contributed by atoms with Crippen molar-refractivity contribution < 1.29 is 0 Å². The van der Waals surface area contributed by atoms with Gasteiger partial charge in [0.15, 0.2) is 0 Å². The van der Waals surface area contributed by atoms with Gasteiger partial charge in [0.05, 0.1) is 11.6 Å². The third kappa shape index (κ3) is 2.30. The summed E-state index contributed by atoms with van der Waals surface area (Å²) in [6, 6.07) is 18.3. The standard InChI is InChI=1S/C17H16N2S/c1-20-16-10-3-2-6-14(16)17(18)13-7-4-9-15-12(13)8-5-11-19-15/h2-11,17H,18H2,1H3. The van der Waals surface area contributed by atoms with Gasteiger partial charge in [0.1, 0.15) is 0 Å². The quantitative estimate of drug-likeness (QED) is 0.737. The van der Waals surface area contributed by atoms with Gasteiger partial charge in [0, 0.05) is 16.5 Å². The number of rotatable bonds is 3. The van der Waals surface area contributed by atoms with Gasteiger partial charge < -0.3 is 5.73 Å². The molecule has 0 spiro atoms. The Kier molecular flexibility index (Phi) is 3.72. The zero-order chi connectivity index (χ0) is 13.9. The van der Waals surface area contributed by atoms with Crippen molar-refractivity contribution in [2.45, 2.75) is 10.9 Å². The Bertz CT molecular complexity index is 734. The van der Waals surface area contributed by atoms with Crippen LogP contribution in [0.4, 0.5) is 0 Å². The van der Waals surface area contributed by atoms with Crippen LogP contribution in [0, 0.1) is 0 Å². The second-order valence-corrected chi connectivity index (χ2v) is 5.49. The van der Waals surface area contributed by atoms with E-state index in [-0.39, 0.29) is 6.04 Å². The van der Waals surface area contributed by atoms with Crippen molar-refractivity contribution in [1.82, 2.24) is 4.98 Å². The summed E-state index contributed by atoms with van der Waals surface area (Å²) in [6.45, 7) is 0. The lowest BCUT2D eigenvalue weighted by atomic mass is 9.96. The van der Waals surface area contributed by atoms with Gasteiger partial charge in [-0.05, 0) is 35.6 Å². The predicted octanol–water partition coefficient (Wildman–Crippen LogP) is 4.00. The molecule has 20 heavy (non-hydrogen) atoms. The topological polar surface area (TPSA) is 38.9 Å². The van der Waals surface area contributed by atoms with Crippen LogP contribution in [-0.4, -0.2) is 11.2 Å². The molecule has 1 heterocycles. The van der Waals surface area contributed by atoms with E-state index in [0.717, 1.165) is 22.0 Å². The normalized spacial score (nSPS) is 12.5. The number of nitrogens with zero attached hydrogens (tertiary/aromatic N) is 1. The molecule has 3 aromatic rings. The molecule has 0 amide bonds. The molecule has 1 atom stereocenters. The minimum absolute atomic E-state index is 0.133. The summed E-state index contributed by atoms with van der Waals surface area (Å²) in [6.07, 6.45) is 3.89. The molecule has 0 aliphatic rings. The molecule has 1 unspecified atom stereocenters. The second kappa shape index (κ2) is 5.65. The lowest BCUT2D eigenvalue weighted by Gasteiger charge is -2.17. The predicted molar refractivity (Wildman–Crippen MR) is 86.0 cm³/mol. The number of thioether (sulfide) groups is 1. The monoisotopic (exact) mass is 280 g/mol. The Hall–Kier alpha value is -1.84. The van der Waals surface area contributed by atoms with Crippen molar-refractivity contribution in [3.05, 3.63) is 71.9 Å². The molecule has 0 aliphatic carbocycles. The Morgan fingerprint density at radius 2 is 1.75 bits per heavy atom. The maximum absolute atomic E-state index is 6.52. The van der Waals surface area contributed by atoms with Crippen molar-refractivity contribution in [1.29, 1.82) is 0 Å². The van der Waals surface area contributed by atoms with Crippen LogP contribution in [0.25, 0.3) is 10.9 Å². The fourth-order valence-corrected chi connectivity index (χ4v) is 3.13. The Morgan fingerprint density at radius 1 is 0.950 bits per heavy atom. The summed E-state index contributed by atoms with van der Waals surface area (Å²) in [4.78, 5) is 5.62. The lowest BCUT2D eigenvalue weighted by molar-refractivity contribution is 0.856. The van der Waals surface area contributed by atoms with E-state index in [1.165, 1.54) is 4.90 Å². The molecular formula is C17H16N2S. The summed E-state index contributed by atoms with van der Waals surface area (Å²) in [7, 11) is 0. The van der Waals surface area contributed by atoms with E-state index in [1.807, 2.05) is 36.5 Å². The number of hydrogen-bond acceptors (Lipinski definition) is 3. The number of aromatic nitrogens is 1. The SMILES string of the molecule is CSc1ccccc1C(N)c1cccc2ncccc12. The summed E-state index contributed by atoms with van der Waals surface area (Å²) >= 11 is 1.73. The van der Waals surface area contributed by atoms with E-state index in [9.17, 15) is 0 Å². The van der Waals surface area contributed by atoms with E-state index in [1.54, 1.807) is 11.8 Å². The average molecular weight is 280 g/mol. The number of benzene rings is 2. The zero-order valence-electron chi connectivity index (χ0n) is 11.3. The molecule has 2 nitrogen and oxygen atoms in total.